The highest BCUT2D eigenvalue weighted by Crippen LogP contribution is 2.26. The zero-order valence-electron chi connectivity index (χ0n) is 13.3. The van der Waals surface area contributed by atoms with Gasteiger partial charge in [-0.1, -0.05) is 17.7 Å². The fourth-order valence-electron chi connectivity index (χ4n) is 2.37. The molecule has 2 aromatic rings. The van der Waals surface area contributed by atoms with E-state index < -0.39 is 11.0 Å². The molecule has 8 heteroatoms. The summed E-state index contributed by atoms with van der Waals surface area (Å²) in [6, 6.07) is 4.50. The molecule has 1 atom stereocenters. The molecule has 0 spiro atoms. The Hall–Kier alpha value is -2.41. The first-order valence-corrected chi connectivity index (χ1v) is 7.37. The van der Waals surface area contributed by atoms with Crippen LogP contribution in [0.1, 0.15) is 29.9 Å². The van der Waals surface area contributed by atoms with Crippen molar-refractivity contribution in [1.82, 2.24) is 9.78 Å². The van der Waals surface area contributed by atoms with Gasteiger partial charge in [0.25, 0.3) is 0 Å². The monoisotopic (exact) mass is 336 g/mol. The van der Waals surface area contributed by atoms with Crippen LogP contribution in [-0.4, -0.2) is 20.6 Å². The summed E-state index contributed by atoms with van der Waals surface area (Å²) < 4.78 is 1.36. The standard InChI is InChI=1S/C15H17ClN4O3/c1-8-5-6-12(16)7-13(8)17-15(21)11(4)19-10(3)14(20(22)23)9(2)18-19/h5-7,11H,1-4H3,(H,17,21)/t11-/m0/s1. The first-order chi connectivity index (χ1) is 10.7. The Morgan fingerprint density at radius 3 is 2.61 bits per heavy atom. The molecule has 1 N–H and O–H groups in total. The van der Waals surface area contributed by atoms with Crippen LogP contribution in [0.5, 0.6) is 0 Å². The summed E-state index contributed by atoms with van der Waals surface area (Å²) in [5.41, 5.74) is 2.03. The smallest absolute Gasteiger partial charge is 0.312 e. The van der Waals surface area contributed by atoms with Crippen LogP contribution in [0.15, 0.2) is 18.2 Å². The molecule has 1 heterocycles. The number of rotatable bonds is 4. The van der Waals surface area contributed by atoms with Crippen LogP contribution in [0, 0.1) is 30.9 Å². The zero-order chi connectivity index (χ0) is 17.3. The van der Waals surface area contributed by atoms with Crippen LogP contribution < -0.4 is 5.32 Å². The largest absolute Gasteiger partial charge is 0.324 e. The molecule has 23 heavy (non-hydrogen) atoms. The van der Waals surface area contributed by atoms with Crippen molar-refractivity contribution < 1.29 is 9.72 Å². The minimum absolute atomic E-state index is 0.0661. The van der Waals surface area contributed by atoms with E-state index in [-0.39, 0.29) is 17.3 Å². The molecule has 2 rings (SSSR count). The quantitative estimate of drug-likeness (QED) is 0.682. The second kappa shape index (κ2) is 6.37. The predicted octanol–water partition coefficient (Wildman–Crippen LogP) is 3.57. The van der Waals surface area contributed by atoms with E-state index in [0.717, 1.165) is 5.56 Å². The van der Waals surface area contributed by atoms with Gasteiger partial charge in [0, 0.05) is 10.7 Å². The van der Waals surface area contributed by atoms with Gasteiger partial charge in [0.2, 0.25) is 5.91 Å². The lowest BCUT2D eigenvalue weighted by molar-refractivity contribution is -0.386. The van der Waals surface area contributed by atoms with Gasteiger partial charge in [-0.25, -0.2) is 0 Å². The molecule has 0 aliphatic carbocycles. The van der Waals surface area contributed by atoms with Gasteiger partial charge in [0.15, 0.2) is 0 Å². The second-order valence-corrected chi connectivity index (χ2v) is 5.78. The molecule has 0 aliphatic rings. The van der Waals surface area contributed by atoms with Gasteiger partial charge in [-0.2, -0.15) is 5.10 Å². The Balaban J connectivity index is 2.28. The van der Waals surface area contributed by atoms with Crippen LogP contribution in [0.4, 0.5) is 11.4 Å². The van der Waals surface area contributed by atoms with Gasteiger partial charge < -0.3 is 5.32 Å². The SMILES string of the molecule is Cc1ccc(Cl)cc1NC(=O)[C@H](C)n1nc(C)c([N+](=O)[O-])c1C. The number of aryl methyl sites for hydroxylation is 2. The van der Waals surface area contributed by atoms with Crippen molar-refractivity contribution in [2.45, 2.75) is 33.7 Å². The number of aromatic nitrogens is 2. The Morgan fingerprint density at radius 2 is 2.04 bits per heavy atom. The highest BCUT2D eigenvalue weighted by molar-refractivity contribution is 6.31. The summed E-state index contributed by atoms with van der Waals surface area (Å²) in [7, 11) is 0. The lowest BCUT2D eigenvalue weighted by Gasteiger charge is -2.15. The molecular weight excluding hydrogens is 320 g/mol. The molecule has 0 saturated carbocycles. The number of amides is 1. The number of hydrogen-bond acceptors (Lipinski definition) is 4. The van der Waals surface area contributed by atoms with Crippen LogP contribution in [-0.2, 0) is 4.79 Å². The zero-order valence-corrected chi connectivity index (χ0v) is 14.0. The van der Waals surface area contributed by atoms with Gasteiger partial charge in [-0.05, 0) is 45.4 Å². The maximum absolute atomic E-state index is 12.4. The molecule has 0 saturated heterocycles. The van der Waals surface area contributed by atoms with Crippen molar-refractivity contribution in [3.05, 3.63) is 50.3 Å². The Bertz CT molecular complexity index is 785. The van der Waals surface area contributed by atoms with Crippen molar-refractivity contribution in [1.29, 1.82) is 0 Å². The Morgan fingerprint density at radius 1 is 1.39 bits per heavy atom. The number of anilines is 1. The van der Waals surface area contributed by atoms with Crippen molar-refractivity contribution in [3.8, 4) is 0 Å². The molecule has 0 bridgehead atoms. The lowest BCUT2D eigenvalue weighted by atomic mass is 10.2. The second-order valence-electron chi connectivity index (χ2n) is 5.35. The molecule has 7 nitrogen and oxygen atoms in total. The maximum Gasteiger partial charge on any atom is 0.312 e. The molecule has 1 aromatic carbocycles. The van der Waals surface area contributed by atoms with Gasteiger partial charge in [0.1, 0.15) is 17.4 Å². The molecular formula is C15H17ClN4O3. The van der Waals surface area contributed by atoms with Crippen LogP contribution in [0.25, 0.3) is 0 Å². The number of nitrogens with one attached hydrogen (secondary N) is 1. The lowest BCUT2D eigenvalue weighted by Crippen LogP contribution is -2.25. The fraction of sp³-hybridized carbons (Fsp3) is 0.333. The molecule has 0 unspecified atom stereocenters. The third-order valence-corrected chi connectivity index (χ3v) is 3.91. The van der Waals surface area contributed by atoms with E-state index in [1.54, 1.807) is 39.0 Å². The first kappa shape index (κ1) is 17.0. The number of benzene rings is 1. The van der Waals surface area contributed by atoms with Crippen LogP contribution in [0.3, 0.4) is 0 Å². The summed E-state index contributed by atoms with van der Waals surface area (Å²) in [6.07, 6.45) is 0. The van der Waals surface area contributed by atoms with Crippen LogP contribution >= 0.6 is 11.6 Å². The van der Waals surface area contributed by atoms with Crippen molar-refractivity contribution in [2.75, 3.05) is 5.32 Å². The summed E-state index contributed by atoms with van der Waals surface area (Å²) >= 11 is 5.94. The highest BCUT2D eigenvalue weighted by Gasteiger charge is 2.27. The molecule has 1 amide bonds. The summed E-state index contributed by atoms with van der Waals surface area (Å²) in [5.74, 6) is -0.323. The first-order valence-electron chi connectivity index (χ1n) is 6.99. The van der Waals surface area contributed by atoms with E-state index in [4.69, 9.17) is 11.6 Å². The van der Waals surface area contributed by atoms with Crippen LogP contribution in [0.2, 0.25) is 5.02 Å². The summed E-state index contributed by atoms with van der Waals surface area (Å²) in [5, 5.41) is 18.5. The van der Waals surface area contributed by atoms with E-state index in [1.807, 2.05) is 6.92 Å². The average molecular weight is 337 g/mol. The number of hydrogen-bond donors (Lipinski definition) is 1. The molecule has 0 fully saturated rings. The van der Waals surface area contributed by atoms with E-state index >= 15 is 0 Å². The van der Waals surface area contributed by atoms with E-state index in [2.05, 4.69) is 10.4 Å². The summed E-state index contributed by atoms with van der Waals surface area (Å²) in [6.45, 7) is 6.61. The Kier molecular flexibility index (Phi) is 4.70. The Labute approximate surface area is 138 Å². The number of nitrogens with zero attached hydrogens (tertiary/aromatic N) is 3. The number of halogens is 1. The van der Waals surface area contributed by atoms with E-state index in [9.17, 15) is 14.9 Å². The van der Waals surface area contributed by atoms with Crippen molar-refractivity contribution in [3.63, 3.8) is 0 Å². The van der Waals surface area contributed by atoms with Gasteiger partial charge in [-0.15, -0.1) is 0 Å². The molecule has 122 valence electrons. The van der Waals surface area contributed by atoms with Crippen molar-refractivity contribution >= 4 is 28.9 Å². The van der Waals surface area contributed by atoms with Gasteiger partial charge in [0.05, 0.1) is 4.92 Å². The van der Waals surface area contributed by atoms with E-state index in [1.165, 1.54) is 4.68 Å². The number of carbonyl (C=O) groups excluding carboxylic acids is 1. The normalized spacial score (nSPS) is 12.0. The highest BCUT2D eigenvalue weighted by atomic mass is 35.5. The third kappa shape index (κ3) is 3.34. The van der Waals surface area contributed by atoms with Gasteiger partial charge in [-0.3, -0.25) is 19.6 Å². The minimum atomic E-state index is -0.694. The molecule has 0 aliphatic heterocycles. The molecule has 1 aromatic heterocycles. The summed E-state index contributed by atoms with van der Waals surface area (Å²) in [4.78, 5) is 23.0. The topological polar surface area (TPSA) is 90.1 Å². The number of carbonyl (C=O) groups is 1. The maximum atomic E-state index is 12.4. The van der Waals surface area contributed by atoms with Gasteiger partial charge >= 0.3 is 5.69 Å². The minimum Gasteiger partial charge on any atom is -0.324 e. The van der Waals surface area contributed by atoms with Crippen molar-refractivity contribution in [2.24, 2.45) is 0 Å². The average Bonchev–Trinajstić information content (AvgIpc) is 2.77. The molecule has 0 radical (unpaired) electrons. The third-order valence-electron chi connectivity index (χ3n) is 3.67. The predicted molar refractivity (Wildman–Crippen MR) is 87.9 cm³/mol. The fourth-order valence-corrected chi connectivity index (χ4v) is 2.54. The van der Waals surface area contributed by atoms with E-state index in [0.29, 0.717) is 16.4 Å². The number of nitro groups is 1.